The number of alkyl halides is 3. The number of carbonyl (C=O) groups excluding carboxylic acids is 4. The highest BCUT2D eigenvalue weighted by Gasteiger charge is 2.33. The molecule has 1 heterocycles. The van der Waals surface area contributed by atoms with E-state index >= 15 is 0 Å². The Labute approximate surface area is 189 Å². The van der Waals surface area contributed by atoms with E-state index in [9.17, 15) is 32.3 Å². The monoisotopic (exact) mass is 472 g/mol. The molecule has 1 N–H and O–H groups in total. The van der Waals surface area contributed by atoms with Gasteiger partial charge in [-0.05, 0) is 43.0 Å². The number of benzene rings is 1. The number of Topliss-reactive ketones (excluding diaryl/α,β-unsaturated/α-hetero) is 1. The zero-order valence-corrected chi connectivity index (χ0v) is 18.4. The van der Waals surface area contributed by atoms with Crippen molar-refractivity contribution >= 4 is 29.4 Å². The van der Waals surface area contributed by atoms with E-state index in [0.29, 0.717) is 17.7 Å². The summed E-state index contributed by atoms with van der Waals surface area (Å²) in [5.74, 6) is -1.50. The molecule has 0 saturated carbocycles. The first-order chi connectivity index (χ1) is 15.4. The predicted molar refractivity (Wildman–Crippen MR) is 112 cm³/mol. The Kier molecular flexibility index (Phi) is 9.24. The number of amides is 2. The van der Waals surface area contributed by atoms with Gasteiger partial charge in [0.2, 0.25) is 5.91 Å². The van der Waals surface area contributed by atoms with Gasteiger partial charge in [0.15, 0.2) is 19.0 Å². The van der Waals surface area contributed by atoms with E-state index in [2.05, 4.69) is 10.1 Å². The molecule has 2 rings (SSSR count). The van der Waals surface area contributed by atoms with Gasteiger partial charge >= 0.3 is 18.2 Å². The second-order valence-electron chi connectivity index (χ2n) is 8.19. The van der Waals surface area contributed by atoms with E-state index < -0.39 is 43.2 Å². The second-order valence-corrected chi connectivity index (χ2v) is 8.19. The van der Waals surface area contributed by atoms with Crippen LogP contribution in [-0.2, 0) is 19.1 Å². The second kappa shape index (κ2) is 11.7. The Bertz CT molecular complexity index is 847. The third-order valence-electron chi connectivity index (χ3n) is 4.88. The lowest BCUT2D eigenvalue weighted by Crippen LogP contribution is -2.42. The van der Waals surface area contributed by atoms with Crippen LogP contribution in [0.4, 0.5) is 23.7 Å². The van der Waals surface area contributed by atoms with E-state index in [4.69, 9.17) is 4.74 Å². The molecule has 11 heteroatoms. The van der Waals surface area contributed by atoms with Crippen LogP contribution in [0.25, 0.3) is 0 Å². The Hall–Kier alpha value is -3.11. The SMILES string of the molecule is CC(C)CC(=O)Nc1ccc(C(=O)COC(=O)C2CCN(C(=O)OCC(F)(F)F)CC2)cc1. The number of halogens is 3. The highest BCUT2D eigenvalue weighted by atomic mass is 19.4. The van der Waals surface area contributed by atoms with Crippen molar-refractivity contribution in [3.05, 3.63) is 29.8 Å². The number of piperidine rings is 1. The molecule has 0 spiro atoms. The summed E-state index contributed by atoms with van der Waals surface area (Å²) in [4.78, 5) is 49.0. The molecule has 0 bridgehead atoms. The van der Waals surface area contributed by atoms with Crippen LogP contribution in [0.5, 0.6) is 0 Å². The molecule has 1 aliphatic heterocycles. The molecule has 0 unspecified atom stereocenters. The van der Waals surface area contributed by atoms with Crippen molar-refractivity contribution in [2.75, 3.05) is 31.6 Å². The fraction of sp³-hybridized carbons (Fsp3) is 0.545. The molecule has 8 nitrogen and oxygen atoms in total. The lowest BCUT2D eigenvalue weighted by atomic mass is 9.97. The number of carbonyl (C=O) groups is 4. The molecule has 182 valence electrons. The molecule has 2 amide bonds. The number of likely N-dealkylation sites (tertiary alicyclic amines) is 1. The molecule has 1 saturated heterocycles. The summed E-state index contributed by atoms with van der Waals surface area (Å²) < 4.78 is 45.7. The lowest BCUT2D eigenvalue weighted by Gasteiger charge is -2.30. The summed E-state index contributed by atoms with van der Waals surface area (Å²) in [5.41, 5.74) is 0.863. The Morgan fingerprint density at radius 3 is 2.21 bits per heavy atom. The van der Waals surface area contributed by atoms with Crippen molar-refractivity contribution in [1.29, 1.82) is 0 Å². The number of nitrogens with one attached hydrogen (secondary N) is 1. The van der Waals surface area contributed by atoms with Crippen molar-refractivity contribution in [3.8, 4) is 0 Å². The van der Waals surface area contributed by atoms with Gasteiger partial charge in [0, 0.05) is 30.8 Å². The van der Waals surface area contributed by atoms with Crippen molar-refractivity contribution < 1.29 is 41.8 Å². The average Bonchev–Trinajstić information content (AvgIpc) is 2.75. The average molecular weight is 472 g/mol. The zero-order chi connectivity index (χ0) is 24.6. The van der Waals surface area contributed by atoms with Gasteiger partial charge in [-0.25, -0.2) is 4.79 Å². The van der Waals surface area contributed by atoms with E-state index in [0.717, 1.165) is 4.90 Å². The van der Waals surface area contributed by atoms with Crippen LogP contribution in [-0.4, -0.2) is 61.1 Å². The third kappa shape index (κ3) is 9.11. The Balaban J connectivity index is 1.74. The first-order valence-electron chi connectivity index (χ1n) is 10.5. The molecule has 0 radical (unpaired) electrons. The largest absolute Gasteiger partial charge is 0.457 e. The summed E-state index contributed by atoms with van der Waals surface area (Å²) in [5, 5.41) is 2.73. The number of esters is 1. The van der Waals surface area contributed by atoms with Crippen LogP contribution >= 0.6 is 0 Å². The van der Waals surface area contributed by atoms with Crippen molar-refractivity contribution in [3.63, 3.8) is 0 Å². The van der Waals surface area contributed by atoms with E-state index in [-0.39, 0.29) is 37.8 Å². The standard InChI is InChI=1S/C22H27F3N2O6/c1-14(2)11-19(29)26-17-5-3-15(4-6-17)18(28)12-32-20(30)16-7-9-27(10-8-16)21(31)33-13-22(23,24)25/h3-6,14,16H,7-13H2,1-2H3,(H,26,29). The maximum atomic E-state index is 12.3. The minimum Gasteiger partial charge on any atom is -0.457 e. The van der Waals surface area contributed by atoms with Crippen molar-refractivity contribution in [2.24, 2.45) is 11.8 Å². The topological polar surface area (TPSA) is 102 Å². The molecule has 0 atom stereocenters. The molecule has 33 heavy (non-hydrogen) atoms. The number of nitrogens with zero attached hydrogens (tertiary/aromatic N) is 1. The minimum absolute atomic E-state index is 0.0500. The summed E-state index contributed by atoms with van der Waals surface area (Å²) in [6.07, 6.45) is -4.92. The maximum Gasteiger partial charge on any atom is 0.422 e. The summed E-state index contributed by atoms with van der Waals surface area (Å²) in [7, 11) is 0. The Morgan fingerprint density at radius 1 is 1.06 bits per heavy atom. The number of anilines is 1. The quantitative estimate of drug-likeness (QED) is 0.456. The van der Waals surface area contributed by atoms with Gasteiger partial charge in [-0.3, -0.25) is 14.4 Å². The summed E-state index contributed by atoms with van der Waals surface area (Å²) in [6.45, 7) is 1.83. The highest BCUT2D eigenvalue weighted by Crippen LogP contribution is 2.21. The van der Waals surface area contributed by atoms with E-state index in [1.165, 1.54) is 12.1 Å². The molecular formula is C22H27F3N2O6. The Morgan fingerprint density at radius 2 is 1.67 bits per heavy atom. The molecule has 0 aliphatic carbocycles. The minimum atomic E-state index is -4.60. The van der Waals surface area contributed by atoms with Crippen LogP contribution in [0.3, 0.4) is 0 Å². The fourth-order valence-corrected chi connectivity index (χ4v) is 3.19. The van der Waals surface area contributed by atoms with E-state index in [1.807, 2.05) is 13.8 Å². The van der Waals surface area contributed by atoms with Crippen LogP contribution in [0.1, 0.15) is 43.5 Å². The number of ketones is 1. The molecular weight excluding hydrogens is 445 g/mol. The highest BCUT2D eigenvalue weighted by molar-refractivity contribution is 5.99. The molecule has 1 aliphatic rings. The van der Waals surface area contributed by atoms with Gasteiger partial charge < -0.3 is 19.7 Å². The van der Waals surface area contributed by atoms with Gasteiger partial charge in [0.1, 0.15) is 0 Å². The molecule has 0 aromatic heterocycles. The van der Waals surface area contributed by atoms with Crippen LogP contribution in [0, 0.1) is 11.8 Å². The van der Waals surface area contributed by atoms with Gasteiger partial charge in [0.25, 0.3) is 0 Å². The number of hydrogen-bond acceptors (Lipinski definition) is 6. The molecule has 1 aromatic carbocycles. The number of ether oxygens (including phenoxy) is 2. The zero-order valence-electron chi connectivity index (χ0n) is 18.4. The van der Waals surface area contributed by atoms with Gasteiger partial charge in [-0.1, -0.05) is 13.8 Å². The van der Waals surface area contributed by atoms with Crippen LogP contribution < -0.4 is 5.32 Å². The predicted octanol–water partition coefficient (Wildman–Crippen LogP) is 3.81. The van der Waals surface area contributed by atoms with E-state index in [1.54, 1.807) is 12.1 Å². The first kappa shape index (κ1) is 26.1. The smallest absolute Gasteiger partial charge is 0.422 e. The van der Waals surface area contributed by atoms with Crippen molar-refractivity contribution in [1.82, 2.24) is 4.90 Å². The maximum absolute atomic E-state index is 12.3. The van der Waals surface area contributed by atoms with Crippen LogP contribution in [0.2, 0.25) is 0 Å². The lowest BCUT2D eigenvalue weighted by molar-refractivity contribution is -0.162. The van der Waals surface area contributed by atoms with Gasteiger partial charge in [-0.2, -0.15) is 13.2 Å². The molecule has 1 aromatic rings. The van der Waals surface area contributed by atoms with Crippen LogP contribution in [0.15, 0.2) is 24.3 Å². The normalized spacial score (nSPS) is 14.7. The first-order valence-corrected chi connectivity index (χ1v) is 10.5. The van der Waals surface area contributed by atoms with Crippen molar-refractivity contribution in [2.45, 2.75) is 39.3 Å². The van der Waals surface area contributed by atoms with Gasteiger partial charge in [0.05, 0.1) is 5.92 Å². The fourth-order valence-electron chi connectivity index (χ4n) is 3.19. The van der Waals surface area contributed by atoms with Gasteiger partial charge in [-0.15, -0.1) is 0 Å². The molecule has 1 fully saturated rings. The third-order valence-corrected chi connectivity index (χ3v) is 4.88. The summed E-state index contributed by atoms with van der Waals surface area (Å²) >= 11 is 0. The summed E-state index contributed by atoms with van der Waals surface area (Å²) in [6, 6.07) is 6.21. The number of hydrogen-bond donors (Lipinski definition) is 1. The number of rotatable bonds is 8.